The third-order valence-corrected chi connectivity index (χ3v) is 5.87. The molecule has 2 saturated carbocycles. The van der Waals surface area contributed by atoms with E-state index < -0.39 is 5.97 Å². The van der Waals surface area contributed by atoms with E-state index in [0.717, 1.165) is 29.2 Å². The molecule has 0 saturated heterocycles. The van der Waals surface area contributed by atoms with Crippen molar-refractivity contribution in [1.29, 1.82) is 0 Å². The van der Waals surface area contributed by atoms with Crippen molar-refractivity contribution in [2.24, 2.45) is 17.8 Å². The molecule has 0 radical (unpaired) electrons. The Morgan fingerprint density at radius 2 is 2.37 bits per heavy atom. The van der Waals surface area contributed by atoms with Crippen LogP contribution in [0.1, 0.15) is 47.8 Å². The number of carbonyl (C=O) groups is 1. The van der Waals surface area contributed by atoms with Gasteiger partial charge < -0.3 is 10.4 Å². The number of hydrogen-bond donors (Lipinski definition) is 2. The van der Waals surface area contributed by atoms with Gasteiger partial charge in [-0.15, -0.1) is 11.3 Å². The van der Waals surface area contributed by atoms with Crippen LogP contribution in [0.25, 0.3) is 0 Å². The average molecular weight is 279 g/mol. The van der Waals surface area contributed by atoms with Gasteiger partial charge in [-0.25, -0.2) is 4.79 Å². The molecule has 4 atom stereocenters. The third kappa shape index (κ3) is 2.70. The van der Waals surface area contributed by atoms with Crippen molar-refractivity contribution < 1.29 is 9.90 Å². The first-order chi connectivity index (χ1) is 9.13. The van der Waals surface area contributed by atoms with E-state index in [9.17, 15) is 4.79 Å². The van der Waals surface area contributed by atoms with Crippen LogP contribution in [0.3, 0.4) is 0 Å². The predicted molar refractivity (Wildman–Crippen MR) is 76.5 cm³/mol. The lowest BCUT2D eigenvalue weighted by molar-refractivity contribution is 0.0697. The number of aromatic carboxylic acids is 1. The van der Waals surface area contributed by atoms with Crippen LogP contribution in [0.2, 0.25) is 0 Å². The average Bonchev–Trinajstić information content (AvgIpc) is 3.11. The lowest BCUT2D eigenvalue weighted by Gasteiger charge is -2.28. The van der Waals surface area contributed by atoms with Gasteiger partial charge in [0.1, 0.15) is 0 Å². The van der Waals surface area contributed by atoms with Gasteiger partial charge in [0.05, 0.1) is 5.56 Å². The number of fused-ring (bicyclic) bond motifs is 2. The molecule has 4 heteroatoms. The minimum absolute atomic E-state index is 0.411. The van der Waals surface area contributed by atoms with E-state index in [1.165, 1.54) is 37.0 Å². The molecule has 2 aliphatic rings. The normalized spacial score (nSPS) is 30.7. The first kappa shape index (κ1) is 13.1. The Morgan fingerprint density at radius 1 is 1.53 bits per heavy atom. The molecule has 0 aromatic carbocycles. The molecular formula is C15H21NO2S. The largest absolute Gasteiger partial charge is 0.478 e. The lowest BCUT2D eigenvalue weighted by Crippen LogP contribution is -2.35. The molecule has 3 nitrogen and oxygen atoms in total. The molecule has 4 unspecified atom stereocenters. The van der Waals surface area contributed by atoms with Crippen molar-refractivity contribution in [2.45, 2.75) is 45.2 Å². The molecule has 2 N–H and O–H groups in total. The summed E-state index contributed by atoms with van der Waals surface area (Å²) in [5.41, 5.74) is 0.411. The van der Waals surface area contributed by atoms with Crippen LogP contribution in [0.15, 0.2) is 11.4 Å². The molecule has 0 amide bonds. The van der Waals surface area contributed by atoms with Crippen LogP contribution in [0, 0.1) is 17.8 Å². The van der Waals surface area contributed by atoms with E-state index in [1.807, 2.05) is 0 Å². The topological polar surface area (TPSA) is 49.3 Å². The van der Waals surface area contributed by atoms with E-state index >= 15 is 0 Å². The SMILES string of the molecule is CC(NCc1cc(C(=O)O)cs1)C1CC2CCC1C2. The zero-order valence-electron chi connectivity index (χ0n) is 11.3. The Balaban J connectivity index is 1.52. The molecule has 2 aliphatic carbocycles. The summed E-state index contributed by atoms with van der Waals surface area (Å²) in [5, 5.41) is 14.2. The Bertz CT molecular complexity index is 470. The second-order valence-electron chi connectivity index (χ2n) is 6.12. The van der Waals surface area contributed by atoms with E-state index in [-0.39, 0.29) is 0 Å². The minimum Gasteiger partial charge on any atom is -0.478 e. The summed E-state index contributed by atoms with van der Waals surface area (Å²) < 4.78 is 0. The van der Waals surface area contributed by atoms with Crippen LogP contribution in [0.4, 0.5) is 0 Å². The highest BCUT2D eigenvalue weighted by Crippen LogP contribution is 2.49. The fraction of sp³-hybridized carbons (Fsp3) is 0.667. The molecule has 2 fully saturated rings. The van der Waals surface area contributed by atoms with E-state index in [4.69, 9.17) is 5.11 Å². The summed E-state index contributed by atoms with van der Waals surface area (Å²) in [5.74, 6) is 1.92. The predicted octanol–water partition coefficient (Wildman–Crippen LogP) is 3.36. The molecule has 0 aliphatic heterocycles. The van der Waals surface area contributed by atoms with Crippen molar-refractivity contribution >= 4 is 17.3 Å². The monoisotopic (exact) mass is 279 g/mol. The van der Waals surface area contributed by atoms with Crippen molar-refractivity contribution in [3.63, 3.8) is 0 Å². The summed E-state index contributed by atoms with van der Waals surface area (Å²) in [4.78, 5) is 12.0. The summed E-state index contributed by atoms with van der Waals surface area (Å²) >= 11 is 1.53. The first-order valence-electron chi connectivity index (χ1n) is 7.17. The molecule has 19 heavy (non-hydrogen) atoms. The maximum Gasteiger partial charge on any atom is 0.336 e. The van der Waals surface area contributed by atoms with Gasteiger partial charge in [0, 0.05) is 22.8 Å². The standard InChI is InChI=1S/C15H21NO2S/c1-9(14-5-10-2-3-11(14)4-10)16-7-13-6-12(8-19-13)15(17)18/h6,8-11,14,16H,2-5,7H2,1H3,(H,17,18). The number of carboxylic acids is 1. The van der Waals surface area contributed by atoms with E-state index in [0.29, 0.717) is 11.6 Å². The first-order valence-corrected chi connectivity index (χ1v) is 8.05. The van der Waals surface area contributed by atoms with Crippen LogP contribution in [0.5, 0.6) is 0 Å². The zero-order valence-corrected chi connectivity index (χ0v) is 12.1. The molecule has 3 rings (SSSR count). The third-order valence-electron chi connectivity index (χ3n) is 4.93. The van der Waals surface area contributed by atoms with Crippen LogP contribution >= 0.6 is 11.3 Å². The van der Waals surface area contributed by atoms with Gasteiger partial charge in [-0.2, -0.15) is 0 Å². The number of nitrogens with one attached hydrogen (secondary N) is 1. The number of hydrogen-bond acceptors (Lipinski definition) is 3. The molecule has 1 heterocycles. The van der Waals surface area contributed by atoms with Crippen molar-refractivity contribution in [2.75, 3.05) is 0 Å². The van der Waals surface area contributed by atoms with Crippen LogP contribution < -0.4 is 5.32 Å². The van der Waals surface area contributed by atoms with Crippen LogP contribution in [-0.2, 0) is 6.54 Å². The highest BCUT2D eigenvalue weighted by atomic mass is 32.1. The summed E-state index contributed by atoms with van der Waals surface area (Å²) in [7, 11) is 0. The second kappa shape index (κ2) is 5.25. The van der Waals surface area contributed by atoms with Gasteiger partial charge in [-0.05, 0) is 50.0 Å². The highest BCUT2D eigenvalue weighted by molar-refractivity contribution is 7.10. The van der Waals surface area contributed by atoms with Crippen molar-refractivity contribution in [3.05, 3.63) is 21.9 Å². The quantitative estimate of drug-likeness (QED) is 0.869. The van der Waals surface area contributed by atoms with Gasteiger partial charge in [0.15, 0.2) is 0 Å². The van der Waals surface area contributed by atoms with Crippen LogP contribution in [-0.4, -0.2) is 17.1 Å². The van der Waals surface area contributed by atoms with Gasteiger partial charge in [0.25, 0.3) is 0 Å². The zero-order chi connectivity index (χ0) is 13.4. The van der Waals surface area contributed by atoms with Crippen molar-refractivity contribution in [1.82, 2.24) is 5.32 Å². The maximum absolute atomic E-state index is 10.8. The van der Waals surface area contributed by atoms with Gasteiger partial charge in [0.2, 0.25) is 0 Å². The highest BCUT2D eigenvalue weighted by Gasteiger charge is 2.41. The number of carboxylic acid groups (broad SMARTS) is 1. The van der Waals surface area contributed by atoms with Gasteiger partial charge >= 0.3 is 5.97 Å². The molecule has 0 spiro atoms. The second-order valence-corrected chi connectivity index (χ2v) is 7.11. The molecular weight excluding hydrogens is 258 g/mol. The Hall–Kier alpha value is -0.870. The Kier molecular flexibility index (Phi) is 3.63. The van der Waals surface area contributed by atoms with E-state index in [2.05, 4.69) is 12.2 Å². The summed E-state index contributed by atoms with van der Waals surface area (Å²) in [6.45, 7) is 3.09. The maximum atomic E-state index is 10.8. The smallest absolute Gasteiger partial charge is 0.336 e. The molecule has 2 bridgehead atoms. The summed E-state index contributed by atoms with van der Waals surface area (Å²) in [6, 6.07) is 2.33. The molecule has 1 aromatic rings. The van der Waals surface area contributed by atoms with E-state index in [1.54, 1.807) is 11.4 Å². The van der Waals surface area contributed by atoms with Gasteiger partial charge in [-0.3, -0.25) is 0 Å². The van der Waals surface area contributed by atoms with Crippen molar-refractivity contribution in [3.8, 4) is 0 Å². The summed E-state index contributed by atoms with van der Waals surface area (Å²) in [6.07, 6.45) is 5.70. The number of thiophene rings is 1. The van der Waals surface area contributed by atoms with Gasteiger partial charge in [-0.1, -0.05) is 6.42 Å². The Labute approximate surface area is 118 Å². The molecule has 1 aromatic heterocycles. The number of rotatable bonds is 5. The minimum atomic E-state index is -0.830. The lowest BCUT2D eigenvalue weighted by atomic mass is 9.84. The fourth-order valence-corrected chi connectivity index (χ4v) is 4.71. The molecule has 104 valence electrons. The fourth-order valence-electron chi connectivity index (χ4n) is 3.90. The Morgan fingerprint density at radius 3 is 2.95 bits per heavy atom.